The fourth-order valence-electron chi connectivity index (χ4n) is 3.54. The molecule has 4 rings (SSSR count). The third-order valence-electron chi connectivity index (χ3n) is 4.92. The molecular formula is C22H23N5O. The van der Waals surface area contributed by atoms with Crippen LogP contribution in [0.4, 0.5) is 5.82 Å². The number of benzene rings is 2. The lowest BCUT2D eigenvalue weighted by molar-refractivity contribution is 0.411. The van der Waals surface area contributed by atoms with E-state index in [4.69, 9.17) is 9.84 Å². The van der Waals surface area contributed by atoms with Crippen LogP contribution < -0.4 is 9.64 Å². The van der Waals surface area contributed by atoms with Crippen LogP contribution in [0.15, 0.2) is 54.6 Å². The number of nitrogens with zero attached hydrogens (tertiary/aromatic N) is 5. The summed E-state index contributed by atoms with van der Waals surface area (Å²) in [5.74, 6) is 1.54. The number of hydrogen-bond donors (Lipinski definition) is 0. The molecule has 0 atom stereocenters. The molecule has 4 aromatic rings. The molecule has 0 saturated carbocycles. The maximum atomic E-state index is 5.54. The predicted octanol–water partition coefficient (Wildman–Crippen LogP) is 4.08. The molecule has 0 aliphatic heterocycles. The van der Waals surface area contributed by atoms with Crippen molar-refractivity contribution in [2.45, 2.75) is 20.4 Å². The zero-order chi connectivity index (χ0) is 19.7. The Balaban J connectivity index is 1.85. The van der Waals surface area contributed by atoms with E-state index in [9.17, 15) is 0 Å². The number of rotatable bonds is 5. The lowest BCUT2D eigenvalue weighted by Crippen LogP contribution is -2.19. The summed E-state index contributed by atoms with van der Waals surface area (Å²) in [5, 5.41) is 14.8. The van der Waals surface area contributed by atoms with Crippen LogP contribution in [0.25, 0.3) is 16.6 Å². The van der Waals surface area contributed by atoms with Crippen molar-refractivity contribution in [3.8, 4) is 11.4 Å². The monoisotopic (exact) mass is 373 g/mol. The second-order valence-corrected chi connectivity index (χ2v) is 6.84. The maximum Gasteiger partial charge on any atom is 0.179 e. The van der Waals surface area contributed by atoms with Crippen molar-refractivity contribution in [3.05, 3.63) is 71.5 Å². The molecule has 0 spiro atoms. The van der Waals surface area contributed by atoms with Gasteiger partial charge in [-0.2, -0.15) is 10.2 Å². The van der Waals surface area contributed by atoms with Gasteiger partial charge in [0.05, 0.1) is 23.9 Å². The minimum absolute atomic E-state index is 0.730. The summed E-state index contributed by atoms with van der Waals surface area (Å²) in [4.78, 5) is 2.09. The fourth-order valence-corrected chi connectivity index (χ4v) is 3.54. The molecule has 0 radical (unpaired) electrons. The second kappa shape index (κ2) is 7.31. The van der Waals surface area contributed by atoms with Gasteiger partial charge in [0.2, 0.25) is 0 Å². The summed E-state index contributed by atoms with van der Waals surface area (Å²) in [7, 11) is 3.69. The third-order valence-corrected chi connectivity index (χ3v) is 4.92. The number of methoxy groups -OCH3 is 1. The second-order valence-electron chi connectivity index (χ2n) is 6.84. The zero-order valence-electron chi connectivity index (χ0n) is 16.5. The van der Waals surface area contributed by atoms with Crippen LogP contribution >= 0.6 is 0 Å². The average molecular weight is 373 g/mol. The lowest BCUT2D eigenvalue weighted by Gasteiger charge is -2.18. The quantitative estimate of drug-likeness (QED) is 0.528. The van der Waals surface area contributed by atoms with Crippen LogP contribution in [-0.2, 0) is 6.54 Å². The smallest absolute Gasteiger partial charge is 0.179 e. The van der Waals surface area contributed by atoms with Crippen molar-refractivity contribution in [2.24, 2.45) is 0 Å². The molecule has 0 unspecified atom stereocenters. The molecule has 0 fully saturated rings. The van der Waals surface area contributed by atoms with Crippen molar-refractivity contribution in [2.75, 3.05) is 19.1 Å². The molecular weight excluding hydrogens is 350 g/mol. The van der Waals surface area contributed by atoms with Gasteiger partial charge in [-0.3, -0.25) is 0 Å². The van der Waals surface area contributed by atoms with E-state index in [1.54, 1.807) is 7.11 Å². The number of hydrogen-bond acceptors (Lipinski definition) is 5. The molecule has 2 heterocycles. The van der Waals surface area contributed by atoms with Crippen LogP contribution in [0, 0.1) is 13.8 Å². The van der Waals surface area contributed by atoms with Crippen LogP contribution in [0.5, 0.6) is 5.75 Å². The van der Waals surface area contributed by atoms with E-state index < -0.39 is 0 Å². The fraction of sp³-hybridized carbons (Fsp3) is 0.227. The van der Waals surface area contributed by atoms with Crippen LogP contribution in [0.2, 0.25) is 0 Å². The Morgan fingerprint density at radius 3 is 2.43 bits per heavy atom. The number of anilines is 1. The largest absolute Gasteiger partial charge is 0.494 e. The lowest BCUT2D eigenvalue weighted by atomic mass is 10.2. The molecule has 142 valence electrons. The summed E-state index contributed by atoms with van der Waals surface area (Å²) in [5.41, 5.74) is 4.83. The van der Waals surface area contributed by atoms with E-state index in [1.165, 1.54) is 5.56 Å². The molecule has 0 saturated heterocycles. The van der Waals surface area contributed by atoms with E-state index in [0.717, 1.165) is 46.1 Å². The Bertz CT molecular complexity index is 1120. The first kappa shape index (κ1) is 18.0. The molecule has 6 heteroatoms. The van der Waals surface area contributed by atoms with Gasteiger partial charge in [0.1, 0.15) is 17.0 Å². The summed E-state index contributed by atoms with van der Waals surface area (Å²) >= 11 is 0. The molecule has 0 aliphatic carbocycles. The van der Waals surface area contributed by atoms with Gasteiger partial charge in [0.15, 0.2) is 5.82 Å². The number of ether oxygens (including phenoxy) is 1. The highest BCUT2D eigenvalue weighted by molar-refractivity contribution is 5.92. The van der Waals surface area contributed by atoms with Gasteiger partial charge in [-0.15, -0.1) is 5.10 Å². The Morgan fingerprint density at radius 1 is 0.964 bits per heavy atom. The topological polar surface area (TPSA) is 56.1 Å². The molecule has 0 N–H and O–H groups in total. The SMILES string of the molecule is COc1ccccc1-n1nc2c(N(C)Cc3ccccc3)nnc(C)c2c1C. The van der Waals surface area contributed by atoms with Gasteiger partial charge < -0.3 is 9.64 Å². The highest BCUT2D eigenvalue weighted by Crippen LogP contribution is 2.31. The van der Waals surface area contributed by atoms with E-state index in [-0.39, 0.29) is 0 Å². The van der Waals surface area contributed by atoms with E-state index in [1.807, 2.05) is 61.1 Å². The standard InChI is InChI=1S/C22H23N5O/c1-15-20-16(2)27(18-12-8-9-13-19(18)28-4)25-21(20)22(24-23-15)26(3)14-17-10-6-5-7-11-17/h5-13H,14H2,1-4H3. The number of fused-ring (bicyclic) bond motifs is 1. The highest BCUT2D eigenvalue weighted by atomic mass is 16.5. The van der Waals surface area contributed by atoms with Gasteiger partial charge in [-0.25, -0.2) is 4.68 Å². The van der Waals surface area contributed by atoms with Crippen molar-refractivity contribution in [1.29, 1.82) is 0 Å². The van der Waals surface area contributed by atoms with E-state index >= 15 is 0 Å². The van der Waals surface area contributed by atoms with Gasteiger partial charge in [0, 0.05) is 13.6 Å². The Kier molecular flexibility index (Phi) is 4.69. The zero-order valence-corrected chi connectivity index (χ0v) is 16.5. The normalized spacial score (nSPS) is 11.0. The minimum Gasteiger partial charge on any atom is -0.494 e. The summed E-state index contributed by atoms with van der Waals surface area (Å²) < 4.78 is 7.45. The predicted molar refractivity (Wildman–Crippen MR) is 111 cm³/mol. The molecule has 28 heavy (non-hydrogen) atoms. The van der Waals surface area contributed by atoms with Crippen molar-refractivity contribution < 1.29 is 4.74 Å². The van der Waals surface area contributed by atoms with Crippen molar-refractivity contribution >= 4 is 16.7 Å². The highest BCUT2D eigenvalue weighted by Gasteiger charge is 2.20. The van der Waals surface area contributed by atoms with Gasteiger partial charge in [-0.1, -0.05) is 42.5 Å². The Hall–Kier alpha value is -3.41. The first-order valence-corrected chi connectivity index (χ1v) is 9.21. The molecule has 0 aliphatic rings. The summed E-state index contributed by atoms with van der Waals surface area (Å²) in [6, 6.07) is 18.2. The summed E-state index contributed by atoms with van der Waals surface area (Å²) in [6.07, 6.45) is 0. The molecule has 6 nitrogen and oxygen atoms in total. The molecule has 2 aromatic carbocycles. The van der Waals surface area contributed by atoms with Gasteiger partial charge >= 0.3 is 0 Å². The Morgan fingerprint density at radius 2 is 1.68 bits per heavy atom. The minimum atomic E-state index is 0.730. The average Bonchev–Trinajstić information content (AvgIpc) is 3.06. The molecule has 2 aromatic heterocycles. The summed E-state index contributed by atoms with van der Waals surface area (Å²) in [6.45, 7) is 4.75. The Labute approximate surface area is 164 Å². The van der Waals surface area contributed by atoms with E-state index in [0.29, 0.717) is 0 Å². The first-order valence-electron chi connectivity index (χ1n) is 9.21. The van der Waals surface area contributed by atoms with Gasteiger partial charge in [0.25, 0.3) is 0 Å². The van der Waals surface area contributed by atoms with Crippen molar-refractivity contribution in [1.82, 2.24) is 20.0 Å². The van der Waals surface area contributed by atoms with Gasteiger partial charge in [-0.05, 0) is 31.5 Å². The van der Waals surface area contributed by atoms with Crippen molar-refractivity contribution in [3.63, 3.8) is 0 Å². The number of aromatic nitrogens is 4. The number of aryl methyl sites for hydroxylation is 2. The van der Waals surface area contributed by atoms with E-state index in [2.05, 4.69) is 34.2 Å². The molecule has 0 bridgehead atoms. The van der Waals surface area contributed by atoms with Crippen LogP contribution in [0.3, 0.4) is 0 Å². The first-order chi connectivity index (χ1) is 13.6. The molecule has 0 amide bonds. The van der Waals surface area contributed by atoms with Crippen LogP contribution in [-0.4, -0.2) is 34.1 Å². The maximum absolute atomic E-state index is 5.54. The third kappa shape index (κ3) is 3.07. The number of para-hydroxylation sites is 2. The van der Waals surface area contributed by atoms with Crippen LogP contribution in [0.1, 0.15) is 17.0 Å².